The average Bonchev–Trinajstić information content (AvgIpc) is 2.33. The minimum atomic E-state index is -0.295. The van der Waals surface area contributed by atoms with Gasteiger partial charge in [0.15, 0.2) is 0 Å². The summed E-state index contributed by atoms with van der Waals surface area (Å²) in [5, 5.41) is 6.11. The summed E-state index contributed by atoms with van der Waals surface area (Å²) in [6, 6.07) is 0.238. The highest BCUT2D eigenvalue weighted by atomic mass is 16.5. The largest absolute Gasteiger partial charge is 0.450 e. The molecule has 1 atom stereocenters. The Bertz CT molecular complexity index is 154. The summed E-state index contributed by atoms with van der Waals surface area (Å²) in [5.74, 6) is 0. The molecule has 4 heteroatoms. The van der Waals surface area contributed by atoms with Gasteiger partial charge in [-0.2, -0.15) is 0 Å². The number of carbonyl (C=O) groups is 1. The van der Waals surface area contributed by atoms with Crippen LogP contribution in [-0.4, -0.2) is 31.8 Å². The Labute approximate surface area is 79.0 Å². The first-order chi connectivity index (χ1) is 6.33. The molecule has 1 aliphatic heterocycles. The summed E-state index contributed by atoms with van der Waals surface area (Å²) in [5.41, 5.74) is 0. The summed E-state index contributed by atoms with van der Waals surface area (Å²) in [7, 11) is 0. The van der Waals surface area contributed by atoms with Gasteiger partial charge in [0.1, 0.15) is 0 Å². The molecule has 1 rings (SSSR count). The zero-order valence-corrected chi connectivity index (χ0v) is 8.14. The lowest BCUT2D eigenvalue weighted by Gasteiger charge is -2.15. The molecule has 0 radical (unpaired) electrons. The fourth-order valence-electron chi connectivity index (χ4n) is 1.48. The summed E-state index contributed by atoms with van der Waals surface area (Å²) < 4.78 is 4.81. The van der Waals surface area contributed by atoms with Gasteiger partial charge in [-0.15, -0.1) is 0 Å². The summed E-state index contributed by atoms with van der Waals surface area (Å²) in [6.45, 7) is 4.16. The van der Waals surface area contributed by atoms with Gasteiger partial charge >= 0.3 is 6.09 Å². The van der Waals surface area contributed by atoms with E-state index in [0.29, 0.717) is 6.61 Å². The van der Waals surface area contributed by atoms with Gasteiger partial charge in [-0.3, -0.25) is 0 Å². The van der Waals surface area contributed by atoms with Crippen molar-refractivity contribution in [2.24, 2.45) is 0 Å². The van der Waals surface area contributed by atoms with Gasteiger partial charge in [0.05, 0.1) is 6.61 Å². The number of carbonyl (C=O) groups excluding carboxylic acids is 1. The quantitative estimate of drug-likeness (QED) is 0.673. The smallest absolute Gasteiger partial charge is 0.407 e. The van der Waals surface area contributed by atoms with Gasteiger partial charge in [-0.25, -0.2) is 4.79 Å². The molecule has 0 aromatic heterocycles. The van der Waals surface area contributed by atoms with Gasteiger partial charge in [0.2, 0.25) is 0 Å². The van der Waals surface area contributed by atoms with E-state index in [4.69, 9.17) is 4.74 Å². The average molecular weight is 186 g/mol. The topological polar surface area (TPSA) is 50.4 Å². The molecule has 2 N–H and O–H groups in total. The van der Waals surface area contributed by atoms with Crippen LogP contribution in [0.5, 0.6) is 0 Å². The molecule has 1 fully saturated rings. The molecule has 1 saturated heterocycles. The standard InChI is InChI=1S/C9H18N2O2/c1-2-13-9(12)11-8-5-3-4-6-10-7-8/h8,10H,2-7H2,1H3,(H,11,12). The minimum Gasteiger partial charge on any atom is -0.450 e. The van der Waals surface area contributed by atoms with Crippen LogP contribution in [0.4, 0.5) is 4.79 Å². The van der Waals surface area contributed by atoms with E-state index in [2.05, 4.69) is 10.6 Å². The fourth-order valence-corrected chi connectivity index (χ4v) is 1.48. The Kier molecular flexibility index (Phi) is 4.60. The van der Waals surface area contributed by atoms with Crippen molar-refractivity contribution in [1.29, 1.82) is 0 Å². The molecule has 0 spiro atoms. The van der Waals surface area contributed by atoms with Crippen molar-refractivity contribution in [3.8, 4) is 0 Å². The van der Waals surface area contributed by atoms with E-state index in [9.17, 15) is 4.79 Å². The number of hydrogen-bond acceptors (Lipinski definition) is 3. The lowest BCUT2D eigenvalue weighted by molar-refractivity contribution is 0.147. The third-order valence-electron chi connectivity index (χ3n) is 2.14. The molecule has 1 unspecified atom stereocenters. The summed E-state index contributed by atoms with van der Waals surface area (Å²) >= 11 is 0. The lowest BCUT2D eigenvalue weighted by atomic mass is 10.1. The van der Waals surface area contributed by atoms with Crippen LogP contribution in [0.3, 0.4) is 0 Å². The van der Waals surface area contributed by atoms with E-state index in [-0.39, 0.29) is 12.1 Å². The molecule has 0 aliphatic carbocycles. The number of amides is 1. The molecule has 76 valence electrons. The van der Waals surface area contributed by atoms with Crippen LogP contribution in [0, 0.1) is 0 Å². The van der Waals surface area contributed by atoms with Crippen molar-refractivity contribution in [1.82, 2.24) is 10.6 Å². The maximum atomic E-state index is 11.1. The number of nitrogens with one attached hydrogen (secondary N) is 2. The van der Waals surface area contributed by atoms with Gasteiger partial charge in [0, 0.05) is 12.6 Å². The van der Waals surface area contributed by atoms with Crippen LogP contribution < -0.4 is 10.6 Å². The zero-order valence-electron chi connectivity index (χ0n) is 8.14. The van der Waals surface area contributed by atoms with Crippen molar-refractivity contribution < 1.29 is 9.53 Å². The first-order valence-electron chi connectivity index (χ1n) is 4.97. The third kappa shape index (κ3) is 4.12. The van der Waals surface area contributed by atoms with E-state index < -0.39 is 0 Å². The Morgan fingerprint density at radius 1 is 1.62 bits per heavy atom. The highest BCUT2D eigenvalue weighted by Crippen LogP contribution is 2.03. The molecule has 0 bridgehead atoms. The minimum absolute atomic E-state index is 0.238. The van der Waals surface area contributed by atoms with Crippen LogP contribution in [0.25, 0.3) is 0 Å². The summed E-state index contributed by atoms with van der Waals surface area (Å²) in [6.07, 6.45) is 3.12. The predicted molar refractivity (Wildman–Crippen MR) is 50.7 cm³/mol. The zero-order chi connectivity index (χ0) is 9.52. The molecule has 1 heterocycles. The second kappa shape index (κ2) is 5.80. The van der Waals surface area contributed by atoms with Gasteiger partial charge in [0.25, 0.3) is 0 Å². The van der Waals surface area contributed by atoms with Crippen molar-refractivity contribution >= 4 is 6.09 Å². The van der Waals surface area contributed by atoms with Crippen molar-refractivity contribution in [3.63, 3.8) is 0 Å². The van der Waals surface area contributed by atoms with Crippen LogP contribution in [0.2, 0.25) is 0 Å². The Morgan fingerprint density at radius 2 is 2.46 bits per heavy atom. The Balaban J connectivity index is 2.21. The third-order valence-corrected chi connectivity index (χ3v) is 2.14. The molecule has 1 aliphatic rings. The normalized spacial score (nSPS) is 23.3. The van der Waals surface area contributed by atoms with Crippen molar-refractivity contribution in [2.75, 3.05) is 19.7 Å². The molecular weight excluding hydrogens is 168 g/mol. The number of rotatable bonds is 2. The van der Waals surface area contributed by atoms with Gasteiger partial charge in [-0.1, -0.05) is 6.42 Å². The lowest BCUT2D eigenvalue weighted by Crippen LogP contribution is -2.41. The molecule has 0 aromatic carbocycles. The molecule has 13 heavy (non-hydrogen) atoms. The maximum Gasteiger partial charge on any atom is 0.407 e. The van der Waals surface area contributed by atoms with E-state index in [1.807, 2.05) is 6.92 Å². The first kappa shape index (κ1) is 10.3. The Morgan fingerprint density at radius 3 is 3.23 bits per heavy atom. The molecule has 0 aromatic rings. The fraction of sp³-hybridized carbons (Fsp3) is 0.889. The molecular formula is C9H18N2O2. The van der Waals surface area contributed by atoms with Crippen molar-refractivity contribution in [3.05, 3.63) is 0 Å². The van der Waals surface area contributed by atoms with E-state index in [0.717, 1.165) is 19.5 Å². The SMILES string of the molecule is CCOC(=O)NC1CCCCNC1. The second-order valence-electron chi connectivity index (χ2n) is 3.26. The number of ether oxygens (including phenoxy) is 1. The van der Waals surface area contributed by atoms with Crippen LogP contribution in [0.15, 0.2) is 0 Å². The van der Waals surface area contributed by atoms with Crippen LogP contribution in [-0.2, 0) is 4.74 Å². The van der Waals surface area contributed by atoms with E-state index in [1.165, 1.54) is 12.8 Å². The highest BCUT2D eigenvalue weighted by Gasteiger charge is 2.14. The predicted octanol–water partition coefficient (Wildman–Crippen LogP) is 0.875. The molecule has 4 nitrogen and oxygen atoms in total. The number of hydrogen-bond donors (Lipinski definition) is 2. The monoisotopic (exact) mass is 186 g/mol. The van der Waals surface area contributed by atoms with Crippen LogP contribution >= 0.6 is 0 Å². The highest BCUT2D eigenvalue weighted by molar-refractivity contribution is 5.67. The van der Waals surface area contributed by atoms with Gasteiger partial charge in [-0.05, 0) is 26.3 Å². The summed E-state index contributed by atoms with van der Waals surface area (Å²) in [4.78, 5) is 11.1. The molecule has 0 saturated carbocycles. The van der Waals surface area contributed by atoms with Gasteiger partial charge < -0.3 is 15.4 Å². The first-order valence-corrected chi connectivity index (χ1v) is 4.97. The Hall–Kier alpha value is -0.770. The van der Waals surface area contributed by atoms with Crippen LogP contribution in [0.1, 0.15) is 26.2 Å². The van der Waals surface area contributed by atoms with E-state index >= 15 is 0 Å². The second-order valence-corrected chi connectivity index (χ2v) is 3.26. The van der Waals surface area contributed by atoms with E-state index in [1.54, 1.807) is 0 Å². The maximum absolute atomic E-state index is 11.1. The number of alkyl carbamates (subject to hydrolysis) is 1. The molecule has 1 amide bonds. The van der Waals surface area contributed by atoms with Crippen molar-refractivity contribution in [2.45, 2.75) is 32.2 Å².